The molecule has 1 saturated carbocycles. The van der Waals surface area contributed by atoms with Crippen LogP contribution in [0.3, 0.4) is 0 Å². The average molecular weight is 362 g/mol. The third-order valence-corrected chi connectivity index (χ3v) is 6.02. The van der Waals surface area contributed by atoms with Crippen LogP contribution in [0.1, 0.15) is 55.6 Å². The number of piperidine rings is 1. The number of likely N-dealkylation sites (tertiary alicyclic amines) is 1. The van der Waals surface area contributed by atoms with Gasteiger partial charge in [0.1, 0.15) is 5.75 Å². The number of hydrogen-bond donors (Lipinski definition) is 0. The van der Waals surface area contributed by atoms with Crippen molar-refractivity contribution in [1.82, 2.24) is 4.90 Å². The summed E-state index contributed by atoms with van der Waals surface area (Å²) in [6.07, 6.45) is 12.6. The molecule has 2 fully saturated rings. The Hall–Kier alpha value is -2.06. The molecule has 2 aliphatic rings. The molecule has 142 valence electrons. The Bertz CT molecular complexity index is 708. The number of nitrogens with zero attached hydrogens (tertiary/aromatic N) is 1. The molecule has 1 saturated heterocycles. The van der Waals surface area contributed by atoms with Crippen LogP contribution < -0.4 is 4.74 Å². The summed E-state index contributed by atoms with van der Waals surface area (Å²) in [6, 6.07) is 19.5. The van der Waals surface area contributed by atoms with Crippen LogP contribution in [0.2, 0.25) is 0 Å². The van der Waals surface area contributed by atoms with Gasteiger partial charge in [0.05, 0.1) is 6.10 Å². The Morgan fingerprint density at radius 1 is 0.852 bits per heavy atom. The van der Waals surface area contributed by atoms with Crippen molar-refractivity contribution in [2.24, 2.45) is 0 Å². The quantitative estimate of drug-likeness (QED) is 0.635. The average Bonchev–Trinajstić information content (AvgIpc) is 3.23. The topological polar surface area (TPSA) is 12.5 Å². The number of hydrogen-bond acceptors (Lipinski definition) is 2. The first-order valence-corrected chi connectivity index (χ1v) is 10.6. The molecule has 0 aromatic heterocycles. The molecule has 1 heterocycles. The molecule has 2 aromatic carbocycles. The number of ether oxygens (including phenoxy) is 1. The summed E-state index contributed by atoms with van der Waals surface area (Å²) in [5.74, 6) is 1.74. The molecular weight excluding hydrogens is 330 g/mol. The number of rotatable bonds is 6. The first-order chi connectivity index (χ1) is 13.4. The van der Waals surface area contributed by atoms with Crippen molar-refractivity contribution in [3.8, 4) is 5.75 Å². The molecular formula is C25H31NO. The zero-order valence-corrected chi connectivity index (χ0v) is 16.2. The molecule has 0 unspecified atom stereocenters. The van der Waals surface area contributed by atoms with E-state index in [2.05, 4.69) is 71.6 Å². The predicted octanol–water partition coefficient (Wildman–Crippen LogP) is 5.90. The molecule has 2 aromatic rings. The Morgan fingerprint density at radius 2 is 1.56 bits per heavy atom. The SMILES string of the molecule is C(=C\c1ccccc1)/CN1CCC(c2ccc(OC3CCCC3)cc2)CC1. The summed E-state index contributed by atoms with van der Waals surface area (Å²) >= 11 is 0. The number of benzene rings is 2. The van der Waals surface area contributed by atoms with Crippen LogP contribution in [0.15, 0.2) is 60.7 Å². The lowest BCUT2D eigenvalue weighted by atomic mass is 9.89. The second kappa shape index (κ2) is 9.23. The monoisotopic (exact) mass is 361 g/mol. The van der Waals surface area contributed by atoms with Gasteiger partial charge in [-0.3, -0.25) is 4.90 Å². The molecule has 0 radical (unpaired) electrons. The molecule has 2 heteroatoms. The van der Waals surface area contributed by atoms with Crippen molar-refractivity contribution in [3.63, 3.8) is 0 Å². The van der Waals surface area contributed by atoms with Crippen LogP contribution in [-0.4, -0.2) is 30.6 Å². The summed E-state index contributed by atoms with van der Waals surface area (Å²) in [7, 11) is 0. The van der Waals surface area contributed by atoms with Crippen LogP contribution in [0.4, 0.5) is 0 Å². The van der Waals surface area contributed by atoms with Crippen molar-refractivity contribution >= 4 is 6.08 Å². The van der Waals surface area contributed by atoms with Gasteiger partial charge in [0.15, 0.2) is 0 Å². The summed E-state index contributed by atoms with van der Waals surface area (Å²) in [5.41, 5.74) is 2.76. The Balaban J connectivity index is 1.23. The summed E-state index contributed by atoms with van der Waals surface area (Å²) in [4.78, 5) is 2.56. The van der Waals surface area contributed by atoms with Crippen LogP contribution in [0.25, 0.3) is 6.08 Å². The second-order valence-electron chi connectivity index (χ2n) is 7.98. The van der Waals surface area contributed by atoms with Gasteiger partial charge in [-0.1, -0.05) is 54.6 Å². The maximum Gasteiger partial charge on any atom is 0.119 e. The normalized spacial score (nSPS) is 19.7. The van der Waals surface area contributed by atoms with Gasteiger partial charge < -0.3 is 4.74 Å². The molecule has 0 atom stereocenters. The van der Waals surface area contributed by atoms with E-state index in [1.54, 1.807) is 0 Å². The predicted molar refractivity (Wildman–Crippen MR) is 113 cm³/mol. The molecule has 4 rings (SSSR count). The highest BCUT2D eigenvalue weighted by atomic mass is 16.5. The standard InChI is InChI=1S/C25H31NO/c1-2-7-21(8-3-1)9-6-18-26-19-16-23(17-20-26)22-12-14-25(15-13-22)27-24-10-4-5-11-24/h1-3,6-9,12-15,23-24H,4-5,10-11,16-20H2/b9-6+. The van der Waals surface area contributed by atoms with E-state index in [9.17, 15) is 0 Å². The molecule has 0 bridgehead atoms. The minimum absolute atomic E-state index is 0.447. The van der Waals surface area contributed by atoms with Gasteiger partial charge in [-0.2, -0.15) is 0 Å². The lowest BCUT2D eigenvalue weighted by molar-refractivity contribution is 0.209. The first kappa shape index (κ1) is 18.3. The van der Waals surface area contributed by atoms with E-state index in [-0.39, 0.29) is 0 Å². The van der Waals surface area contributed by atoms with Crippen LogP contribution in [0, 0.1) is 0 Å². The third kappa shape index (κ3) is 5.23. The van der Waals surface area contributed by atoms with Gasteiger partial charge in [0.25, 0.3) is 0 Å². The maximum absolute atomic E-state index is 6.10. The van der Waals surface area contributed by atoms with Crippen molar-refractivity contribution < 1.29 is 4.74 Å². The van der Waals surface area contributed by atoms with Gasteiger partial charge in [0.2, 0.25) is 0 Å². The van der Waals surface area contributed by atoms with E-state index in [1.807, 2.05) is 0 Å². The maximum atomic E-state index is 6.10. The van der Waals surface area contributed by atoms with E-state index in [1.165, 1.54) is 62.7 Å². The van der Waals surface area contributed by atoms with E-state index >= 15 is 0 Å². The van der Waals surface area contributed by atoms with Crippen molar-refractivity contribution in [2.45, 2.75) is 50.5 Å². The van der Waals surface area contributed by atoms with Gasteiger partial charge in [0, 0.05) is 6.54 Å². The summed E-state index contributed by atoms with van der Waals surface area (Å²) in [6.45, 7) is 3.42. The Morgan fingerprint density at radius 3 is 2.26 bits per heavy atom. The van der Waals surface area contributed by atoms with Gasteiger partial charge >= 0.3 is 0 Å². The van der Waals surface area contributed by atoms with Crippen LogP contribution in [-0.2, 0) is 0 Å². The van der Waals surface area contributed by atoms with E-state index in [0.29, 0.717) is 12.0 Å². The van der Waals surface area contributed by atoms with Gasteiger partial charge in [-0.25, -0.2) is 0 Å². The van der Waals surface area contributed by atoms with E-state index < -0.39 is 0 Å². The summed E-state index contributed by atoms with van der Waals surface area (Å²) < 4.78 is 6.10. The zero-order chi connectivity index (χ0) is 18.3. The molecule has 1 aliphatic heterocycles. The Labute approximate surface area is 163 Å². The molecule has 1 aliphatic carbocycles. The molecule has 2 nitrogen and oxygen atoms in total. The van der Waals surface area contributed by atoms with E-state index in [4.69, 9.17) is 4.74 Å². The zero-order valence-electron chi connectivity index (χ0n) is 16.2. The lowest BCUT2D eigenvalue weighted by Crippen LogP contribution is -2.33. The molecule has 0 N–H and O–H groups in total. The highest BCUT2D eigenvalue weighted by Crippen LogP contribution is 2.30. The minimum Gasteiger partial charge on any atom is -0.490 e. The van der Waals surface area contributed by atoms with Crippen LogP contribution in [0.5, 0.6) is 5.75 Å². The van der Waals surface area contributed by atoms with Crippen molar-refractivity contribution in [3.05, 3.63) is 71.8 Å². The molecule has 0 spiro atoms. The third-order valence-electron chi connectivity index (χ3n) is 6.02. The van der Waals surface area contributed by atoms with Crippen molar-refractivity contribution in [1.29, 1.82) is 0 Å². The van der Waals surface area contributed by atoms with Gasteiger partial charge in [-0.15, -0.1) is 0 Å². The fraction of sp³-hybridized carbons (Fsp3) is 0.440. The largest absolute Gasteiger partial charge is 0.490 e. The Kier molecular flexibility index (Phi) is 6.26. The highest BCUT2D eigenvalue weighted by Gasteiger charge is 2.20. The molecule has 0 amide bonds. The smallest absolute Gasteiger partial charge is 0.119 e. The summed E-state index contributed by atoms with van der Waals surface area (Å²) in [5, 5.41) is 0. The van der Waals surface area contributed by atoms with Crippen molar-refractivity contribution in [2.75, 3.05) is 19.6 Å². The van der Waals surface area contributed by atoms with E-state index in [0.717, 1.165) is 12.3 Å². The van der Waals surface area contributed by atoms with Crippen LogP contribution >= 0.6 is 0 Å². The highest BCUT2D eigenvalue weighted by molar-refractivity contribution is 5.48. The fourth-order valence-electron chi connectivity index (χ4n) is 4.37. The first-order valence-electron chi connectivity index (χ1n) is 10.6. The minimum atomic E-state index is 0.447. The fourth-order valence-corrected chi connectivity index (χ4v) is 4.37. The lowest BCUT2D eigenvalue weighted by Gasteiger charge is -2.31. The molecule has 27 heavy (non-hydrogen) atoms. The second-order valence-corrected chi connectivity index (χ2v) is 7.98. The van der Waals surface area contributed by atoms with Gasteiger partial charge in [-0.05, 0) is 80.8 Å².